The van der Waals surface area contributed by atoms with Gasteiger partial charge in [0.25, 0.3) is 0 Å². The molecule has 0 saturated heterocycles. The zero-order chi connectivity index (χ0) is 13.1. The summed E-state index contributed by atoms with van der Waals surface area (Å²) in [6.45, 7) is 0.841. The number of halogens is 1. The van der Waals surface area contributed by atoms with Gasteiger partial charge in [0.1, 0.15) is 0 Å². The van der Waals surface area contributed by atoms with Gasteiger partial charge in [0, 0.05) is 18.1 Å². The van der Waals surface area contributed by atoms with E-state index in [1.807, 2.05) is 18.2 Å². The molecular formula is C13H14ClNO3. The number of amides is 1. The maximum absolute atomic E-state index is 10.8. The van der Waals surface area contributed by atoms with Crippen LogP contribution in [0, 0.1) is 0 Å². The maximum Gasteiger partial charge on any atom is 0.407 e. The van der Waals surface area contributed by atoms with Gasteiger partial charge in [0.15, 0.2) is 0 Å². The second kappa shape index (κ2) is 5.42. The summed E-state index contributed by atoms with van der Waals surface area (Å²) in [5.41, 5.74) is 2.74. The molecule has 1 aliphatic heterocycles. The standard InChI is InChI=1S/C13H14ClNO3/c14-12-7-9(8-16)1-2-11(12)10-3-5-15(6-4-10)13(17)18/h1-3,7,16H,4-6,8H2,(H,17,18). The van der Waals surface area contributed by atoms with Crippen LogP contribution in [0.2, 0.25) is 5.02 Å². The minimum Gasteiger partial charge on any atom is -0.465 e. The predicted octanol–water partition coefficient (Wildman–Crippen LogP) is 2.60. The first-order chi connectivity index (χ1) is 8.61. The van der Waals surface area contributed by atoms with Gasteiger partial charge < -0.3 is 15.1 Å². The first-order valence-corrected chi connectivity index (χ1v) is 6.06. The lowest BCUT2D eigenvalue weighted by Crippen LogP contribution is -2.33. The van der Waals surface area contributed by atoms with Gasteiger partial charge in [-0.25, -0.2) is 4.79 Å². The van der Waals surface area contributed by atoms with Gasteiger partial charge in [-0.05, 0) is 29.2 Å². The van der Waals surface area contributed by atoms with E-state index in [1.165, 1.54) is 4.90 Å². The van der Waals surface area contributed by atoms with E-state index in [9.17, 15) is 4.79 Å². The van der Waals surface area contributed by atoms with Gasteiger partial charge in [-0.1, -0.05) is 29.8 Å². The highest BCUT2D eigenvalue weighted by Gasteiger charge is 2.17. The Hall–Kier alpha value is -1.52. The Labute approximate surface area is 110 Å². The van der Waals surface area contributed by atoms with Crippen LogP contribution in [-0.4, -0.2) is 34.3 Å². The average molecular weight is 268 g/mol. The van der Waals surface area contributed by atoms with E-state index < -0.39 is 6.09 Å². The Kier molecular flexibility index (Phi) is 3.89. The lowest BCUT2D eigenvalue weighted by atomic mass is 9.98. The number of carbonyl (C=O) groups is 1. The van der Waals surface area contributed by atoms with Crippen molar-refractivity contribution in [3.63, 3.8) is 0 Å². The lowest BCUT2D eigenvalue weighted by molar-refractivity contribution is 0.150. The van der Waals surface area contributed by atoms with E-state index in [-0.39, 0.29) is 6.61 Å². The third-order valence-electron chi connectivity index (χ3n) is 3.04. The van der Waals surface area contributed by atoms with Crippen molar-refractivity contribution in [3.8, 4) is 0 Å². The maximum atomic E-state index is 10.8. The summed E-state index contributed by atoms with van der Waals surface area (Å²) in [7, 11) is 0. The largest absolute Gasteiger partial charge is 0.465 e. The molecule has 1 aromatic rings. The quantitative estimate of drug-likeness (QED) is 0.866. The van der Waals surface area contributed by atoms with Gasteiger partial charge in [0.2, 0.25) is 0 Å². The minimum atomic E-state index is -0.896. The van der Waals surface area contributed by atoms with Crippen molar-refractivity contribution >= 4 is 23.3 Å². The van der Waals surface area contributed by atoms with Crippen LogP contribution < -0.4 is 0 Å². The van der Waals surface area contributed by atoms with E-state index in [1.54, 1.807) is 6.07 Å². The Morgan fingerprint density at radius 1 is 1.44 bits per heavy atom. The number of aliphatic hydroxyl groups excluding tert-OH is 1. The van der Waals surface area contributed by atoms with E-state index in [0.717, 1.165) is 16.7 Å². The summed E-state index contributed by atoms with van der Waals surface area (Å²) in [5, 5.41) is 18.5. The molecule has 0 radical (unpaired) electrons. The fourth-order valence-electron chi connectivity index (χ4n) is 2.00. The summed E-state index contributed by atoms with van der Waals surface area (Å²) in [5.74, 6) is 0. The predicted molar refractivity (Wildman–Crippen MR) is 69.6 cm³/mol. The third-order valence-corrected chi connectivity index (χ3v) is 3.35. The zero-order valence-electron chi connectivity index (χ0n) is 9.77. The van der Waals surface area contributed by atoms with Crippen molar-refractivity contribution < 1.29 is 15.0 Å². The van der Waals surface area contributed by atoms with Gasteiger partial charge >= 0.3 is 6.09 Å². The molecule has 96 valence electrons. The first kappa shape index (κ1) is 12.9. The van der Waals surface area contributed by atoms with E-state index in [0.29, 0.717) is 24.5 Å². The molecule has 0 aromatic heterocycles. The zero-order valence-corrected chi connectivity index (χ0v) is 10.5. The summed E-state index contributed by atoms with van der Waals surface area (Å²) in [4.78, 5) is 12.2. The van der Waals surface area contributed by atoms with Crippen molar-refractivity contribution in [3.05, 3.63) is 40.4 Å². The molecule has 2 N–H and O–H groups in total. The van der Waals surface area contributed by atoms with Crippen LogP contribution >= 0.6 is 11.6 Å². The molecule has 0 bridgehead atoms. The number of benzene rings is 1. The molecule has 1 amide bonds. The van der Waals surface area contributed by atoms with Crippen LogP contribution in [0.5, 0.6) is 0 Å². The topological polar surface area (TPSA) is 60.8 Å². The highest BCUT2D eigenvalue weighted by molar-refractivity contribution is 6.32. The van der Waals surface area contributed by atoms with Crippen LogP contribution in [0.25, 0.3) is 5.57 Å². The molecule has 1 aliphatic rings. The van der Waals surface area contributed by atoms with Gasteiger partial charge in [-0.15, -0.1) is 0 Å². The molecule has 4 nitrogen and oxygen atoms in total. The van der Waals surface area contributed by atoms with Crippen molar-refractivity contribution in [2.45, 2.75) is 13.0 Å². The van der Waals surface area contributed by atoms with Crippen LogP contribution in [0.3, 0.4) is 0 Å². The molecule has 18 heavy (non-hydrogen) atoms. The Bertz CT molecular complexity index is 499. The summed E-state index contributed by atoms with van der Waals surface area (Å²) < 4.78 is 0. The van der Waals surface area contributed by atoms with E-state index >= 15 is 0 Å². The van der Waals surface area contributed by atoms with Gasteiger partial charge in [-0.3, -0.25) is 0 Å². The van der Waals surface area contributed by atoms with Crippen LogP contribution in [0.1, 0.15) is 17.5 Å². The molecule has 0 aliphatic carbocycles. The highest BCUT2D eigenvalue weighted by Crippen LogP contribution is 2.29. The fraction of sp³-hybridized carbons (Fsp3) is 0.308. The van der Waals surface area contributed by atoms with Crippen molar-refractivity contribution in [1.82, 2.24) is 4.90 Å². The monoisotopic (exact) mass is 267 g/mol. The number of hydrogen-bond donors (Lipinski definition) is 2. The fourth-order valence-corrected chi connectivity index (χ4v) is 2.33. The number of aliphatic hydroxyl groups is 1. The Balaban J connectivity index is 2.21. The summed E-state index contributed by atoms with van der Waals surface area (Å²) in [6, 6.07) is 5.43. The molecule has 0 spiro atoms. The van der Waals surface area contributed by atoms with Crippen LogP contribution in [0.15, 0.2) is 24.3 Å². The second-order valence-corrected chi connectivity index (χ2v) is 4.59. The summed E-state index contributed by atoms with van der Waals surface area (Å²) >= 11 is 6.16. The second-order valence-electron chi connectivity index (χ2n) is 4.18. The average Bonchev–Trinajstić information content (AvgIpc) is 2.38. The molecule has 0 fully saturated rings. The van der Waals surface area contributed by atoms with Crippen molar-refractivity contribution in [1.29, 1.82) is 0 Å². The third kappa shape index (κ3) is 2.66. The van der Waals surface area contributed by atoms with Crippen LogP contribution in [-0.2, 0) is 6.61 Å². The minimum absolute atomic E-state index is 0.0359. The molecular weight excluding hydrogens is 254 g/mol. The van der Waals surface area contributed by atoms with Gasteiger partial charge in [-0.2, -0.15) is 0 Å². The number of nitrogens with zero attached hydrogens (tertiary/aromatic N) is 1. The SMILES string of the molecule is O=C(O)N1CC=C(c2ccc(CO)cc2Cl)CC1. The van der Waals surface area contributed by atoms with E-state index in [2.05, 4.69) is 0 Å². The molecule has 1 heterocycles. The van der Waals surface area contributed by atoms with Gasteiger partial charge in [0.05, 0.1) is 6.61 Å². The number of hydrogen-bond acceptors (Lipinski definition) is 2. The first-order valence-electron chi connectivity index (χ1n) is 5.68. The summed E-state index contributed by atoms with van der Waals surface area (Å²) in [6.07, 6.45) is 1.65. The molecule has 0 atom stereocenters. The molecule has 1 aromatic carbocycles. The normalized spacial score (nSPS) is 15.4. The molecule has 2 rings (SSSR count). The van der Waals surface area contributed by atoms with E-state index in [4.69, 9.17) is 21.8 Å². The Morgan fingerprint density at radius 2 is 2.22 bits per heavy atom. The Morgan fingerprint density at radius 3 is 2.72 bits per heavy atom. The highest BCUT2D eigenvalue weighted by atomic mass is 35.5. The smallest absolute Gasteiger partial charge is 0.407 e. The number of carboxylic acid groups (broad SMARTS) is 1. The van der Waals surface area contributed by atoms with Crippen molar-refractivity contribution in [2.75, 3.05) is 13.1 Å². The molecule has 0 unspecified atom stereocenters. The van der Waals surface area contributed by atoms with Crippen molar-refractivity contribution in [2.24, 2.45) is 0 Å². The van der Waals surface area contributed by atoms with Crippen LogP contribution in [0.4, 0.5) is 4.79 Å². The number of rotatable bonds is 2. The molecule has 5 heteroatoms. The molecule has 0 saturated carbocycles. The lowest BCUT2D eigenvalue weighted by Gasteiger charge is -2.24.